The molecule has 1 aliphatic rings. The Bertz CT molecular complexity index is 1150. The van der Waals surface area contributed by atoms with Crippen LogP contribution in [0.3, 0.4) is 0 Å². The van der Waals surface area contributed by atoms with E-state index in [1.807, 2.05) is 24.3 Å². The van der Waals surface area contributed by atoms with Crippen LogP contribution in [0.4, 0.5) is 0 Å². The maximum Gasteiger partial charge on any atom is 0.193 e. The smallest absolute Gasteiger partial charge is 0.193 e. The van der Waals surface area contributed by atoms with Gasteiger partial charge in [-0.2, -0.15) is 5.10 Å². The molecule has 0 atom stereocenters. The van der Waals surface area contributed by atoms with Crippen molar-refractivity contribution in [1.82, 2.24) is 15.2 Å². The highest BCUT2D eigenvalue weighted by Crippen LogP contribution is 2.37. The van der Waals surface area contributed by atoms with Crippen molar-refractivity contribution < 1.29 is 0 Å². The average molecular weight is 355 g/mol. The van der Waals surface area contributed by atoms with Crippen LogP contribution in [0.2, 0.25) is 0 Å². The van der Waals surface area contributed by atoms with Gasteiger partial charge in [-0.1, -0.05) is 61.0 Å². The van der Waals surface area contributed by atoms with Gasteiger partial charge >= 0.3 is 0 Å². The van der Waals surface area contributed by atoms with Crippen molar-refractivity contribution in [2.45, 2.75) is 31.6 Å². The van der Waals surface area contributed by atoms with E-state index in [9.17, 15) is 4.79 Å². The summed E-state index contributed by atoms with van der Waals surface area (Å²) in [7, 11) is 0. The summed E-state index contributed by atoms with van der Waals surface area (Å²) in [4.78, 5) is 16.2. The zero-order valence-electron chi connectivity index (χ0n) is 15.0. The van der Waals surface area contributed by atoms with Crippen LogP contribution in [0.5, 0.6) is 0 Å². The van der Waals surface area contributed by atoms with Crippen molar-refractivity contribution in [1.29, 1.82) is 0 Å². The first kappa shape index (κ1) is 16.1. The normalized spacial score (nSPS) is 14.4. The van der Waals surface area contributed by atoms with Crippen molar-refractivity contribution in [3.63, 3.8) is 0 Å². The Morgan fingerprint density at radius 1 is 1.00 bits per heavy atom. The van der Waals surface area contributed by atoms with Crippen LogP contribution in [-0.2, 0) is 6.42 Å². The first-order chi connectivity index (χ1) is 13.3. The first-order valence-electron chi connectivity index (χ1n) is 9.53. The summed E-state index contributed by atoms with van der Waals surface area (Å²) in [6.07, 6.45) is 4.19. The molecular weight excluding hydrogens is 334 g/mol. The SMILES string of the molecule is O=c1cc(Cc2ccccc2-c2ccccc2)[nH]c2n[nH]c(C3CCC3)c12. The lowest BCUT2D eigenvalue weighted by Crippen LogP contribution is -2.13. The standard InChI is InChI=1S/C23H21N3O/c27-20-14-18(24-23-21(20)22(25-26-23)16-10-6-11-16)13-17-9-4-5-12-19(17)15-7-2-1-3-8-15/h1-5,7-9,12,14,16H,6,10-11,13H2,(H2,24,25,26,27). The van der Waals surface area contributed by atoms with Gasteiger partial charge in [-0.3, -0.25) is 9.89 Å². The Labute approximate surface area is 157 Å². The molecule has 0 amide bonds. The molecule has 4 nitrogen and oxygen atoms in total. The van der Waals surface area contributed by atoms with Gasteiger partial charge in [0.1, 0.15) is 0 Å². The summed E-state index contributed by atoms with van der Waals surface area (Å²) in [5, 5.41) is 8.22. The predicted octanol–water partition coefficient (Wildman–Crippen LogP) is 4.78. The van der Waals surface area contributed by atoms with Crippen LogP contribution in [0, 0.1) is 0 Å². The summed E-state index contributed by atoms with van der Waals surface area (Å²) in [6, 6.07) is 20.4. The highest BCUT2D eigenvalue weighted by atomic mass is 16.1. The average Bonchev–Trinajstić information content (AvgIpc) is 3.05. The number of fused-ring (bicyclic) bond motifs is 1. The molecule has 0 saturated heterocycles. The van der Waals surface area contributed by atoms with Gasteiger partial charge in [0.15, 0.2) is 11.1 Å². The summed E-state index contributed by atoms with van der Waals surface area (Å²) in [5.41, 5.74) is 6.20. The highest BCUT2D eigenvalue weighted by Gasteiger charge is 2.25. The van der Waals surface area contributed by atoms with Crippen molar-refractivity contribution in [3.05, 3.63) is 87.8 Å². The van der Waals surface area contributed by atoms with Crippen LogP contribution in [-0.4, -0.2) is 15.2 Å². The van der Waals surface area contributed by atoms with Gasteiger partial charge < -0.3 is 4.98 Å². The number of nitrogens with one attached hydrogen (secondary N) is 2. The monoisotopic (exact) mass is 355 g/mol. The number of benzene rings is 2. The Kier molecular flexibility index (Phi) is 3.89. The number of nitrogens with zero attached hydrogens (tertiary/aromatic N) is 1. The van der Waals surface area contributed by atoms with Crippen LogP contribution >= 0.6 is 0 Å². The fourth-order valence-corrected chi connectivity index (χ4v) is 3.98. The van der Waals surface area contributed by atoms with Crippen molar-refractivity contribution in [2.75, 3.05) is 0 Å². The van der Waals surface area contributed by atoms with E-state index in [4.69, 9.17) is 0 Å². The number of aromatic nitrogens is 3. The molecule has 1 fully saturated rings. The van der Waals surface area contributed by atoms with E-state index in [0.717, 1.165) is 29.6 Å². The molecule has 0 bridgehead atoms. The lowest BCUT2D eigenvalue weighted by Gasteiger charge is -2.23. The third-order valence-electron chi connectivity index (χ3n) is 5.62. The third-order valence-corrected chi connectivity index (χ3v) is 5.62. The number of pyridine rings is 1. The van der Waals surface area contributed by atoms with E-state index in [1.54, 1.807) is 6.07 Å². The van der Waals surface area contributed by atoms with Crippen molar-refractivity contribution in [2.24, 2.45) is 0 Å². The van der Waals surface area contributed by atoms with Gasteiger partial charge in [-0.15, -0.1) is 0 Å². The quantitative estimate of drug-likeness (QED) is 0.553. The molecule has 4 heteroatoms. The molecule has 0 radical (unpaired) electrons. The van der Waals surface area contributed by atoms with Crippen LogP contribution in [0.15, 0.2) is 65.5 Å². The Balaban J connectivity index is 1.54. The second kappa shape index (κ2) is 6.54. The summed E-state index contributed by atoms with van der Waals surface area (Å²) in [6.45, 7) is 0. The van der Waals surface area contributed by atoms with Gasteiger partial charge in [0.25, 0.3) is 0 Å². The van der Waals surface area contributed by atoms with Crippen molar-refractivity contribution >= 4 is 11.0 Å². The third kappa shape index (κ3) is 2.87. The van der Waals surface area contributed by atoms with Crippen LogP contribution in [0.25, 0.3) is 22.2 Å². The van der Waals surface area contributed by atoms with E-state index in [-0.39, 0.29) is 5.43 Å². The molecule has 1 saturated carbocycles. The molecule has 27 heavy (non-hydrogen) atoms. The molecule has 2 heterocycles. The van der Waals surface area contributed by atoms with Gasteiger partial charge in [-0.25, -0.2) is 0 Å². The minimum absolute atomic E-state index is 0.0617. The number of hydrogen-bond donors (Lipinski definition) is 2. The molecule has 5 rings (SSSR count). The van der Waals surface area contributed by atoms with E-state index in [2.05, 4.69) is 45.5 Å². The molecule has 2 aromatic carbocycles. The molecular formula is C23H21N3O. The maximum atomic E-state index is 12.8. The number of rotatable bonds is 4. The summed E-state index contributed by atoms with van der Waals surface area (Å²) in [5.74, 6) is 0.459. The minimum atomic E-state index is 0.0617. The zero-order valence-corrected chi connectivity index (χ0v) is 15.0. The zero-order chi connectivity index (χ0) is 18.2. The summed E-state index contributed by atoms with van der Waals surface area (Å²) >= 11 is 0. The topological polar surface area (TPSA) is 61.5 Å². The predicted molar refractivity (Wildman–Crippen MR) is 108 cm³/mol. The highest BCUT2D eigenvalue weighted by molar-refractivity contribution is 5.78. The van der Waals surface area contributed by atoms with Gasteiger partial charge in [0.2, 0.25) is 0 Å². The van der Waals surface area contributed by atoms with Crippen molar-refractivity contribution in [3.8, 4) is 11.1 Å². The largest absolute Gasteiger partial charge is 0.341 e. The number of aromatic amines is 2. The Morgan fingerprint density at radius 2 is 1.78 bits per heavy atom. The van der Waals surface area contributed by atoms with Gasteiger partial charge in [-0.05, 0) is 29.5 Å². The maximum absolute atomic E-state index is 12.8. The lowest BCUT2D eigenvalue weighted by molar-refractivity contribution is 0.413. The Morgan fingerprint density at radius 3 is 2.56 bits per heavy atom. The Hall–Kier alpha value is -3.14. The fraction of sp³-hybridized carbons (Fsp3) is 0.217. The molecule has 0 aliphatic heterocycles. The van der Waals surface area contributed by atoms with Crippen LogP contribution in [0.1, 0.15) is 42.1 Å². The van der Waals surface area contributed by atoms with E-state index < -0.39 is 0 Å². The first-order valence-corrected chi connectivity index (χ1v) is 9.53. The second-order valence-electron chi connectivity index (χ2n) is 7.35. The molecule has 2 aromatic heterocycles. The van der Waals surface area contributed by atoms with Gasteiger partial charge in [0.05, 0.1) is 11.1 Å². The molecule has 134 valence electrons. The number of hydrogen-bond acceptors (Lipinski definition) is 2. The number of H-pyrrole nitrogens is 2. The van der Waals surface area contributed by atoms with E-state index in [1.165, 1.54) is 23.1 Å². The van der Waals surface area contributed by atoms with E-state index in [0.29, 0.717) is 18.0 Å². The molecule has 0 unspecified atom stereocenters. The molecule has 0 spiro atoms. The second-order valence-corrected chi connectivity index (χ2v) is 7.35. The fourth-order valence-electron chi connectivity index (χ4n) is 3.98. The lowest BCUT2D eigenvalue weighted by atomic mass is 9.82. The molecule has 1 aliphatic carbocycles. The van der Waals surface area contributed by atoms with Gasteiger partial charge in [0, 0.05) is 24.1 Å². The minimum Gasteiger partial charge on any atom is -0.341 e. The van der Waals surface area contributed by atoms with Crippen LogP contribution < -0.4 is 5.43 Å². The summed E-state index contributed by atoms with van der Waals surface area (Å²) < 4.78 is 0. The van der Waals surface area contributed by atoms with E-state index >= 15 is 0 Å². The molecule has 4 aromatic rings. The molecule has 2 N–H and O–H groups in total.